The molecule has 0 aliphatic rings. The highest BCUT2D eigenvalue weighted by atomic mass is 14.0. The molecule has 0 amide bonds. The lowest BCUT2D eigenvalue weighted by Gasteiger charge is -2.04. The first-order valence-corrected chi connectivity index (χ1v) is 6.21. The van der Waals surface area contributed by atoms with Gasteiger partial charge in [-0.25, -0.2) is 0 Å². The predicted octanol–water partition coefficient (Wildman–Crippen LogP) is 5.78. The molecule has 0 aliphatic carbocycles. The molecule has 0 fully saturated rings. The highest BCUT2D eigenvalue weighted by Crippen LogP contribution is 2.27. The van der Waals surface area contributed by atoms with Crippen molar-refractivity contribution in [3.63, 3.8) is 0 Å². The van der Waals surface area contributed by atoms with Crippen molar-refractivity contribution in [3.05, 3.63) is 72.8 Å². The van der Waals surface area contributed by atoms with Gasteiger partial charge < -0.3 is 0 Å². The van der Waals surface area contributed by atoms with Crippen molar-refractivity contribution < 1.29 is 0 Å². The van der Waals surface area contributed by atoms with Crippen LogP contribution in [0.25, 0.3) is 32.3 Å². The second-order valence-electron chi connectivity index (χ2n) is 4.75. The molecule has 0 radical (unpaired) electrons. The van der Waals surface area contributed by atoms with Gasteiger partial charge in [0.05, 0.1) is 0 Å². The summed E-state index contributed by atoms with van der Waals surface area (Å²) in [4.78, 5) is 0. The standard InChI is InChI=1S/C18H12.CH4/c1-2-6-14-10-18-12-16-8-4-3-7-15(16)11-17(18)9-13(14)5-1;/h1-12H;1H4. The van der Waals surface area contributed by atoms with Crippen LogP contribution in [-0.2, 0) is 0 Å². The molecule has 0 spiro atoms. The Bertz CT molecular complexity index is 728. The van der Waals surface area contributed by atoms with Crippen molar-refractivity contribution in [2.75, 3.05) is 0 Å². The van der Waals surface area contributed by atoms with E-state index in [1.165, 1.54) is 32.3 Å². The fraction of sp³-hybridized carbons (Fsp3) is 0.0526. The smallest absolute Gasteiger partial charge is 0.0171 e. The number of rotatable bonds is 0. The molecular formula is C19H16. The van der Waals surface area contributed by atoms with E-state index >= 15 is 0 Å². The van der Waals surface area contributed by atoms with E-state index < -0.39 is 0 Å². The Balaban J connectivity index is 0.00000110. The van der Waals surface area contributed by atoms with Crippen LogP contribution in [0.3, 0.4) is 0 Å². The molecule has 4 aromatic rings. The minimum atomic E-state index is 0. The maximum absolute atomic E-state index is 2.27. The number of fused-ring (bicyclic) bond motifs is 3. The molecule has 0 aromatic heterocycles. The zero-order chi connectivity index (χ0) is 11.9. The molecule has 4 aromatic carbocycles. The molecule has 19 heavy (non-hydrogen) atoms. The molecule has 92 valence electrons. The third-order valence-corrected chi connectivity index (χ3v) is 3.57. The van der Waals surface area contributed by atoms with E-state index in [1.807, 2.05) is 0 Å². The molecule has 0 atom stereocenters. The minimum Gasteiger partial charge on any atom is -0.0776 e. The van der Waals surface area contributed by atoms with Crippen LogP contribution in [0.15, 0.2) is 72.8 Å². The van der Waals surface area contributed by atoms with E-state index in [2.05, 4.69) is 72.8 Å². The Morgan fingerprint density at radius 1 is 0.368 bits per heavy atom. The van der Waals surface area contributed by atoms with Crippen LogP contribution in [0, 0.1) is 0 Å². The average Bonchev–Trinajstić information content (AvgIpc) is 2.42. The third-order valence-electron chi connectivity index (χ3n) is 3.57. The fourth-order valence-electron chi connectivity index (χ4n) is 2.63. The lowest BCUT2D eigenvalue weighted by Crippen LogP contribution is -1.78. The van der Waals surface area contributed by atoms with E-state index in [1.54, 1.807) is 0 Å². The van der Waals surface area contributed by atoms with Crippen LogP contribution < -0.4 is 0 Å². The van der Waals surface area contributed by atoms with Gasteiger partial charge in [0.15, 0.2) is 0 Å². The number of hydrogen-bond acceptors (Lipinski definition) is 0. The van der Waals surface area contributed by atoms with Crippen LogP contribution in [0.4, 0.5) is 0 Å². The van der Waals surface area contributed by atoms with Crippen molar-refractivity contribution in [2.24, 2.45) is 0 Å². The Labute approximate surface area is 113 Å². The van der Waals surface area contributed by atoms with Crippen LogP contribution in [0.2, 0.25) is 0 Å². The van der Waals surface area contributed by atoms with E-state index in [9.17, 15) is 0 Å². The monoisotopic (exact) mass is 244 g/mol. The van der Waals surface area contributed by atoms with Crippen LogP contribution >= 0.6 is 0 Å². The van der Waals surface area contributed by atoms with Crippen molar-refractivity contribution in [1.29, 1.82) is 0 Å². The average molecular weight is 244 g/mol. The van der Waals surface area contributed by atoms with Gasteiger partial charge in [0.25, 0.3) is 0 Å². The first-order chi connectivity index (χ1) is 8.90. The summed E-state index contributed by atoms with van der Waals surface area (Å²) in [6.45, 7) is 0. The second-order valence-corrected chi connectivity index (χ2v) is 4.75. The van der Waals surface area contributed by atoms with Gasteiger partial charge in [0.2, 0.25) is 0 Å². The second kappa shape index (κ2) is 4.40. The molecular weight excluding hydrogens is 228 g/mol. The topological polar surface area (TPSA) is 0 Å². The van der Waals surface area contributed by atoms with Crippen molar-refractivity contribution >= 4 is 32.3 Å². The molecule has 0 saturated heterocycles. The fourth-order valence-corrected chi connectivity index (χ4v) is 2.63. The molecule has 0 aliphatic heterocycles. The largest absolute Gasteiger partial charge is 0.0776 e. The predicted molar refractivity (Wildman–Crippen MR) is 85.7 cm³/mol. The van der Waals surface area contributed by atoms with Crippen molar-refractivity contribution in [3.8, 4) is 0 Å². The Morgan fingerprint density at radius 2 is 0.632 bits per heavy atom. The van der Waals surface area contributed by atoms with Gasteiger partial charge in [-0.1, -0.05) is 56.0 Å². The maximum atomic E-state index is 2.27. The summed E-state index contributed by atoms with van der Waals surface area (Å²) < 4.78 is 0. The zero-order valence-electron chi connectivity index (χ0n) is 9.93. The van der Waals surface area contributed by atoms with Gasteiger partial charge in [-0.3, -0.25) is 0 Å². The molecule has 0 heterocycles. The van der Waals surface area contributed by atoms with Crippen LogP contribution in [-0.4, -0.2) is 0 Å². The quantitative estimate of drug-likeness (QED) is 0.344. The highest BCUT2D eigenvalue weighted by Gasteiger charge is 2.00. The van der Waals surface area contributed by atoms with Gasteiger partial charge in [0, 0.05) is 0 Å². The van der Waals surface area contributed by atoms with Crippen LogP contribution in [0.5, 0.6) is 0 Å². The lowest BCUT2D eigenvalue weighted by atomic mass is 10.00. The van der Waals surface area contributed by atoms with E-state index in [-0.39, 0.29) is 7.43 Å². The summed E-state index contributed by atoms with van der Waals surface area (Å²) in [6.07, 6.45) is 0. The highest BCUT2D eigenvalue weighted by molar-refractivity contribution is 6.04. The van der Waals surface area contributed by atoms with Crippen molar-refractivity contribution in [1.82, 2.24) is 0 Å². The van der Waals surface area contributed by atoms with Crippen molar-refractivity contribution in [2.45, 2.75) is 7.43 Å². The summed E-state index contributed by atoms with van der Waals surface area (Å²) in [5, 5.41) is 7.85. The molecule has 4 rings (SSSR count). The van der Waals surface area contributed by atoms with Gasteiger partial charge in [-0.05, 0) is 56.6 Å². The molecule has 0 nitrogen and oxygen atoms in total. The summed E-state index contributed by atoms with van der Waals surface area (Å²) in [5.41, 5.74) is 0. The molecule has 0 heteroatoms. The molecule has 0 unspecified atom stereocenters. The van der Waals surface area contributed by atoms with Gasteiger partial charge in [-0.15, -0.1) is 0 Å². The zero-order valence-corrected chi connectivity index (χ0v) is 9.93. The summed E-state index contributed by atoms with van der Waals surface area (Å²) in [6, 6.07) is 26.2. The van der Waals surface area contributed by atoms with Gasteiger partial charge >= 0.3 is 0 Å². The maximum Gasteiger partial charge on any atom is -0.0171 e. The first-order valence-electron chi connectivity index (χ1n) is 6.21. The molecule has 0 bridgehead atoms. The Hall–Kier alpha value is -2.34. The normalized spacial score (nSPS) is 10.7. The SMILES string of the molecule is C.c1ccc2cc3cc4ccccc4cc3cc2c1. The Morgan fingerprint density at radius 3 is 0.895 bits per heavy atom. The number of hydrogen-bond donors (Lipinski definition) is 0. The molecule has 0 saturated carbocycles. The summed E-state index contributed by atoms with van der Waals surface area (Å²) >= 11 is 0. The van der Waals surface area contributed by atoms with E-state index in [4.69, 9.17) is 0 Å². The van der Waals surface area contributed by atoms with Gasteiger partial charge in [-0.2, -0.15) is 0 Å². The third kappa shape index (κ3) is 1.86. The number of benzene rings is 4. The lowest BCUT2D eigenvalue weighted by molar-refractivity contribution is 1.77. The van der Waals surface area contributed by atoms with Crippen LogP contribution in [0.1, 0.15) is 7.43 Å². The summed E-state index contributed by atoms with van der Waals surface area (Å²) in [7, 11) is 0. The van der Waals surface area contributed by atoms with E-state index in [0.29, 0.717) is 0 Å². The first kappa shape index (κ1) is 11.7. The minimum absolute atomic E-state index is 0. The molecule has 0 N–H and O–H groups in total. The van der Waals surface area contributed by atoms with Gasteiger partial charge in [0.1, 0.15) is 0 Å². The Kier molecular flexibility index (Phi) is 2.72. The summed E-state index contributed by atoms with van der Waals surface area (Å²) in [5.74, 6) is 0. The van der Waals surface area contributed by atoms with E-state index in [0.717, 1.165) is 0 Å².